The van der Waals surface area contributed by atoms with Gasteiger partial charge in [-0.1, -0.05) is 127 Å². The van der Waals surface area contributed by atoms with Gasteiger partial charge < -0.3 is 18.8 Å². The van der Waals surface area contributed by atoms with Crippen LogP contribution in [0.15, 0.2) is 212 Å². The third-order valence-corrected chi connectivity index (χ3v) is 12.7. The molecule has 0 amide bonds. The van der Waals surface area contributed by atoms with Gasteiger partial charge in [0, 0.05) is 55.8 Å². The van der Waals surface area contributed by atoms with Crippen LogP contribution >= 0.6 is 0 Å². The van der Waals surface area contributed by atoms with E-state index in [0.717, 1.165) is 62.1 Å². The maximum absolute atomic E-state index is 7.09. The zero-order valence-electron chi connectivity index (χ0n) is 32.0. The average Bonchev–Trinajstić information content (AvgIpc) is 3.81. The van der Waals surface area contributed by atoms with Crippen LogP contribution in [0.3, 0.4) is 0 Å². The third-order valence-electron chi connectivity index (χ3n) is 12.7. The molecule has 4 heteroatoms. The second-order valence-corrected chi connectivity index (χ2v) is 15.7. The Balaban J connectivity index is 1.11. The van der Waals surface area contributed by atoms with Crippen molar-refractivity contribution in [2.24, 2.45) is 0 Å². The smallest absolute Gasteiger partial charge is 0.134 e. The van der Waals surface area contributed by atoms with Gasteiger partial charge in [0.15, 0.2) is 0 Å². The SMILES string of the molecule is c1ccc(N2c3ccccc3C3(c4ccccc4Oc4cc5c(cc43)c3ccccc3n5-c3ccc4c(c3)c3ccccc3n4-c3ccccc3)c3ccccc32)cc1. The van der Waals surface area contributed by atoms with Gasteiger partial charge in [0.25, 0.3) is 0 Å². The van der Waals surface area contributed by atoms with Crippen molar-refractivity contribution in [3.05, 3.63) is 235 Å². The molecule has 0 atom stereocenters. The first kappa shape index (κ1) is 32.3. The molecule has 4 heterocycles. The number of hydrogen-bond acceptors (Lipinski definition) is 2. The molecule has 1 spiro atoms. The maximum atomic E-state index is 7.09. The molecule has 0 fully saturated rings. The van der Waals surface area contributed by atoms with E-state index in [1.807, 2.05) is 0 Å². The maximum Gasteiger partial charge on any atom is 0.134 e. The van der Waals surface area contributed by atoms with Gasteiger partial charge in [-0.3, -0.25) is 0 Å². The van der Waals surface area contributed by atoms with Crippen molar-refractivity contribution >= 4 is 60.7 Å². The fourth-order valence-corrected chi connectivity index (χ4v) is 10.4. The number of ether oxygens (including phenoxy) is 1. The Kier molecular flexibility index (Phi) is 6.62. The molecule has 2 aliphatic heterocycles. The second-order valence-electron chi connectivity index (χ2n) is 15.7. The minimum Gasteiger partial charge on any atom is -0.457 e. The second kappa shape index (κ2) is 12.1. The first-order valence-electron chi connectivity index (χ1n) is 20.3. The standard InChI is InChI=1S/C55H35N3O/c1-3-17-36(18-4-1)56-47-26-12-7-21-39(47)41-33-38(31-32-49(41)56)58-48-27-13-8-22-40(48)42-34-46-54(35-52(42)58)59-53-30-16-11-25-45(53)55(46)43-23-9-14-28-50(43)57(37-19-5-2-6-20-37)51-29-15-10-24-44(51)55/h1-35H. The number of aromatic nitrogens is 2. The van der Waals surface area contributed by atoms with Crippen molar-refractivity contribution in [1.82, 2.24) is 9.13 Å². The molecule has 4 nitrogen and oxygen atoms in total. The molecule has 9 aromatic carbocycles. The van der Waals surface area contributed by atoms with Crippen LogP contribution in [0.4, 0.5) is 17.1 Å². The Morgan fingerprint density at radius 2 is 0.814 bits per heavy atom. The molecule has 2 aliphatic rings. The van der Waals surface area contributed by atoms with Crippen LogP contribution in [0.5, 0.6) is 11.5 Å². The lowest BCUT2D eigenvalue weighted by Crippen LogP contribution is -2.39. The fourth-order valence-electron chi connectivity index (χ4n) is 10.4. The predicted octanol–water partition coefficient (Wildman–Crippen LogP) is 14.2. The first-order chi connectivity index (χ1) is 29.3. The predicted molar refractivity (Wildman–Crippen MR) is 242 cm³/mol. The summed E-state index contributed by atoms with van der Waals surface area (Å²) < 4.78 is 11.9. The van der Waals surface area contributed by atoms with Crippen LogP contribution in [-0.2, 0) is 5.41 Å². The van der Waals surface area contributed by atoms with Crippen LogP contribution < -0.4 is 9.64 Å². The Hall–Kier alpha value is -7.82. The van der Waals surface area contributed by atoms with E-state index in [4.69, 9.17) is 4.74 Å². The summed E-state index contributed by atoms with van der Waals surface area (Å²) in [7, 11) is 0. The highest BCUT2D eigenvalue weighted by atomic mass is 16.5. The van der Waals surface area contributed by atoms with E-state index in [-0.39, 0.29) is 0 Å². The van der Waals surface area contributed by atoms with Gasteiger partial charge in [-0.25, -0.2) is 0 Å². The topological polar surface area (TPSA) is 22.3 Å². The Labute approximate surface area is 341 Å². The summed E-state index contributed by atoms with van der Waals surface area (Å²) in [5, 5.41) is 4.84. The number of nitrogens with zero attached hydrogens (tertiary/aromatic N) is 3. The van der Waals surface area contributed by atoms with Gasteiger partial charge in [-0.2, -0.15) is 0 Å². The van der Waals surface area contributed by atoms with Gasteiger partial charge in [-0.15, -0.1) is 0 Å². The molecule has 13 rings (SSSR count). The lowest BCUT2D eigenvalue weighted by molar-refractivity contribution is 0.435. The van der Waals surface area contributed by atoms with Crippen LogP contribution in [0.2, 0.25) is 0 Å². The van der Waals surface area contributed by atoms with Crippen molar-refractivity contribution in [3.8, 4) is 22.9 Å². The highest BCUT2D eigenvalue weighted by Crippen LogP contribution is 2.63. The summed E-state index contributed by atoms with van der Waals surface area (Å²) in [5.74, 6) is 1.73. The lowest BCUT2D eigenvalue weighted by Gasteiger charge is -2.48. The molecule has 2 aromatic heterocycles. The van der Waals surface area contributed by atoms with Gasteiger partial charge >= 0.3 is 0 Å². The molecule has 0 saturated heterocycles. The van der Waals surface area contributed by atoms with Crippen LogP contribution in [0, 0.1) is 0 Å². The van der Waals surface area contributed by atoms with Crippen LogP contribution in [0.1, 0.15) is 22.3 Å². The van der Waals surface area contributed by atoms with Gasteiger partial charge in [-0.05, 0) is 90.0 Å². The Morgan fingerprint density at radius 1 is 0.305 bits per heavy atom. The fraction of sp³-hybridized carbons (Fsp3) is 0.0182. The Morgan fingerprint density at radius 3 is 1.49 bits per heavy atom. The van der Waals surface area contributed by atoms with Crippen molar-refractivity contribution in [2.45, 2.75) is 5.41 Å². The molecule has 0 unspecified atom stereocenters. The Bertz CT molecular complexity index is 3440. The monoisotopic (exact) mass is 753 g/mol. The highest BCUT2D eigenvalue weighted by Gasteiger charge is 2.51. The summed E-state index contributed by atoms with van der Waals surface area (Å²) >= 11 is 0. The summed E-state index contributed by atoms with van der Waals surface area (Å²) in [6.07, 6.45) is 0. The molecule has 59 heavy (non-hydrogen) atoms. The lowest BCUT2D eigenvalue weighted by atomic mass is 9.61. The van der Waals surface area contributed by atoms with Crippen LogP contribution in [0.25, 0.3) is 55.0 Å². The number of rotatable bonds is 3. The zero-order valence-corrected chi connectivity index (χ0v) is 32.0. The number of benzene rings is 9. The highest BCUT2D eigenvalue weighted by molar-refractivity contribution is 6.13. The normalized spacial score (nSPS) is 13.7. The summed E-state index contributed by atoms with van der Waals surface area (Å²) in [6, 6.07) is 77.1. The molecule has 11 aromatic rings. The van der Waals surface area contributed by atoms with E-state index in [2.05, 4.69) is 226 Å². The van der Waals surface area contributed by atoms with E-state index < -0.39 is 5.41 Å². The van der Waals surface area contributed by atoms with Crippen molar-refractivity contribution in [1.29, 1.82) is 0 Å². The van der Waals surface area contributed by atoms with E-state index in [1.54, 1.807) is 0 Å². The summed E-state index contributed by atoms with van der Waals surface area (Å²) in [6.45, 7) is 0. The molecule has 276 valence electrons. The van der Waals surface area contributed by atoms with Crippen molar-refractivity contribution in [3.63, 3.8) is 0 Å². The number of hydrogen-bond donors (Lipinski definition) is 0. The third kappa shape index (κ3) is 4.32. The number of para-hydroxylation sites is 7. The van der Waals surface area contributed by atoms with Gasteiger partial charge in [0.2, 0.25) is 0 Å². The van der Waals surface area contributed by atoms with E-state index in [0.29, 0.717) is 0 Å². The minimum atomic E-state index is -0.655. The summed E-state index contributed by atoms with van der Waals surface area (Å²) in [4.78, 5) is 2.42. The first-order valence-corrected chi connectivity index (χ1v) is 20.3. The van der Waals surface area contributed by atoms with E-state index in [1.165, 1.54) is 43.7 Å². The molecule has 0 saturated carbocycles. The zero-order chi connectivity index (χ0) is 38.7. The van der Waals surface area contributed by atoms with E-state index in [9.17, 15) is 0 Å². The van der Waals surface area contributed by atoms with Gasteiger partial charge in [0.1, 0.15) is 11.5 Å². The number of anilines is 3. The largest absolute Gasteiger partial charge is 0.457 e. The molecule has 0 bridgehead atoms. The van der Waals surface area contributed by atoms with E-state index >= 15 is 0 Å². The quantitative estimate of drug-likeness (QED) is 0.179. The molecular weight excluding hydrogens is 719 g/mol. The van der Waals surface area contributed by atoms with Gasteiger partial charge in [0.05, 0.1) is 38.9 Å². The van der Waals surface area contributed by atoms with Crippen molar-refractivity contribution < 1.29 is 4.74 Å². The minimum absolute atomic E-state index is 0.655. The molecule has 0 N–H and O–H groups in total. The summed E-state index contributed by atoms with van der Waals surface area (Å²) in [5.41, 5.74) is 14.4. The average molecular weight is 754 g/mol. The molecule has 0 radical (unpaired) electrons. The molecule has 0 aliphatic carbocycles. The number of fused-ring (bicyclic) bond motifs is 14. The molecular formula is C55H35N3O. The van der Waals surface area contributed by atoms with Crippen LogP contribution in [-0.4, -0.2) is 9.13 Å². The van der Waals surface area contributed by atoms with Crippen molar-refractivity contribution in [2.75, 3.05) is 4.90 Å².